The van der Waals surface area contributed by atoms with Gasteiger partial charge in [-0.1, -0.05) is 20.8 Å². The molecule has 0 bridgehead atoms. The summed E-state index contributed by atoms with van der Waals surface area (Å²) in [6, 6.07) is 0.125. The van der Waals surface area contributed by atoms with Gasteiger partial charge in [-0.2, -0.15) is 0 Å². The van der Waals surface area contributed by atoms with Crippen LogP contribution >= 0.6 is 11.3 Å². The Labute approximate surface area is 154 Å². The lowest BCUT2D eigenvalue weighted by atomic mass is 9.98. The molecule has 0 N–H and O–H groups in total. The number of aromatic nitrogens is 1. The van der Waals surface area contributed by atoms with Crippen molar-refractivity contribution in [2.24, 2.45) is 0 Å². The highest BCUT2D eigenvalue weighted by molar-refractivity contribution is 7.91. The Morgan fingerprint density at radius 1 is 1.20 bits per heavy atom. The highest BCUT2D eigenvalue weighted by Crippen LogP contribution is 2.30. The van der Waals surface area contributed by atoms with Gasteiger partial charge in [-0.3, -0.25) is 9.69 Å². The summed E-state index contributed by atoms with van der Waals surface area (Å²) >= 11 is 1.50. The van der Waals surface area contributed by atoms with Crippen LogP contribution in [0.3, 0.4) is 0 Å². The van der Waals surface area contributed by atoms with Crippen molar-refractivity contribution in [2.75, 3.05) is 37.7 Å². The maximum Gasteiger partial charge on any atom is 0.265 e. The first-order valence-electron chi connectivity index (χ1n) is 8.78. The fourth-order valence-corrected chi connectivity index (χ4v) is 6.27. The van der Waals surface area contributed by atoms with E-state index < -0.39 is 9.84 Å². The van der Waals surface area contributed by atoms with Gasteiger partial charge in [0, 0.05) is 37.6 Å². The van der Waals surface area contributed by atoms with E-state index in [1.807, 2.05) is 11.8 Å². The average molecular weight is 386 g/mol. The molecule has 1 aromatic heterocycles. The molecule has 1 amide bonds. The third kappa shape index (κ3) is 4.06. The summed E-state index contributed by atoms with van der Waals surface area (Å²) in [5.41, 5.74) is 0.755. The quantitative estimate of drug-likeness (QED) is 0.775. The molecule has 2 aliphatic heterocycles. The molecule has 0 radical (unpaired) electrons. The van der Waals surface area contributed by atoms with Crippen LogP contribution in [0.2, 0.25) is 0 Å². The second-order valence-electron chi connectivity index (χ2n) is 8.07. The number of aryl methyl sites for hydroxylation is 1. The third-order valence-corrected chi connectivity index (χ3v) is 8.28. The Morgan fingerprint density at radius 2 is 1.84 bits per heavy atom. The number of piperazine rings is 1. The predicted octanol–water partition coefficient (Wildman–Crippen LogP) is 1.69. The van der Waals surface area contributed by atoms with Crippen molar-refractivity contribution >= 4 is 27.1 Å². The van der Waals surface area contributed by atoms with Gasteiger partial charge >= 0.3 is 0 Å². The van der Waals surface area contributed by atoms with E-state index in [-0.39, 0.29) is 23.1 Å². The highest BCUT2D eigenvalue weighted by atomic mass is 32.2. The van der Waals surface area contributed by atoms with Gasteiger partial charge in [0.25, 0.3) is 5.91 Å². The summed E-state index contributed by atoms with van der Waals surface area (Å²) in [5, 5.41) is 0.989. The second-order valence-corrected chi connectivity index (χ2v) is 11.3. The van der Waals surface area contributed by atoms with Crippen LogP contribution in [0.1, 0.15) is 47.6 Å². The monoisotopic (exact) mass is 385 g/mol. The molecule has 1 unspecified atom stereocenters. The van der Waals surface area contributed by atoms with Crippen LogP contribution in [-0.2, 0) is 15.3 Å². The first kappa shape index (κ1) is 18.8. The van der Waals surface area contributed by atoms with Crippen LogP contribution in [0, 0.1) is 6.92 Å². The Hall–Kier alpha value is -0.990. The first-order valence-corrected chi connectivity index (χ1v) is 11.4. The van der Waals surface area contributed by atoms with E-state index >= 15 is 0 Å². The number of hydrogen-bond donors (Lipinski definition) is 0. The van der Waals surface area contributed by atoms with Crippen molar-refractivity contribution in [3.63, 3.8) is 0 Å². The Balaban J connectivity index is 1.63. The molecule has 1 atom stereocenters. The molecule has 2 fully saturated rings. The van der Waals surface area contributed by atoms with Crippen LogP contribution in [0.5, 0.6) is 0 Å². The third-order valence-electron chi connectivity index (χ3n) is 4.96. The summed E-state index contributed by atoms with van der Waals surface area (Å²) in [7, 11) is -2.86. The van der Waals surface area contributed by atoms with Crippen LogP contribution in [0.4, 0.5) is 0 Å². The molecule has 2 saturated heterocycles. The second kappa shape index (κ2) is 6.63. The van der Waals surface area contributed by atoms with E-state index in [1.54, 1.807) is 0 Å². The van der Waals surface area contributed by atoms with E-state index in [4.69, 9.17) is 0 Å². The first-order chi connectivity index (χ1) is 11.6. The summed E-state index contributed by atoms with van der Waals surface area (Å²) < 4.78 is 23.3. The van der Waals surface area contributed by atoms with Gasteiger partial charge in [-0.05, 0) is 13.3 Å². The largest absolute Gasteiger partial charge is 0.335 e. The number of carbonyl (C=O) groups excluding carboxylic acids is 1. The van der Waals surface area contributed by atoms with E-state index in [0.717, 1.165) is 35.1 Å². The average Bonchev–Trinajstić information content (AvgIpc) is 3.09. The lowest BCUT2D eigenvalue weighted by molar-refractivity contribution is 0.0591. The Morgan fingerprint density at radius 3 is 2.32 bits per heavy atom. The number of sulfone groups is 1. The van der Waals surface area contributed by atoms with Crippen molar-refractivity contribution in [3.8, 4) is 0 Å². The lowest BCUT2D eigenvalue weighted by Crippen LogP contribution is -2.52. The summed E-state index contributed by atoms with van der Waals surface area (Å²) in [6.45, 7) is 11.0. The lowest BCUT2D eigenvalue weighted by Gasteiger charge is -2.37. The van der Waals surface area contributed by atoms with Gasteiger partial charge in [0.1, 0.15) is 4.88 Å². The molecule has 0 spiro atoms. The van der Waals surface area contributed by atoms with Gasteiger partial charge in [0.05, 0.1) is 22.2 Å². The van der Waals surface area contributed by atoms with Crippen molar-refractivity contribution in [2.45, 2.75) is 45.6 Å². The normalized spacial score (nSPS) is 24.6. The zero-order chi connectivity index (χ0) is 18.4. The summed E-state index contributed by atoms with van der Waals surface area (Å²) in [5.74, 6) is 0.625. The molecule has 2 aliphatic rings. The fourth-order valence-electron chi connectivity index (χ4n) is 3.41. The van der Waals surface area contributed by atoms with Gasteiger partial charge in [0.15, 0.2) is 9.84 Å². The maximum absolute atomic E-state index is 12.9. The number of amides is 1. The van der Waals surface area contributed by atoms with Crippen molar-refractivity contribution < 1.29 is 13.2 Å². The number of carbonyl (C=O) groups is 1. The molecule has 140 valence electrons. The molecule has 1 aromatic rings. The van der Waals surface area contributed by atoms with E-state index in [2.05, 4.69) is 30.7 Å². The van der Waals surface area contributed by atoms with Crippen molar-refractivity contribution in [3.05, 3.63) is 15.6 Å². The SMILES string of the molecule is Cc1nc(C(C)(C)C)sc1C(=O)N1CCN(C2CCS(=O)(=O)C2)CC1. The molecule has 0 aromatic carbocycles. The Kier molecular flexibility index (Phi) is 4.98. The molecule has 0 aliphatic carbocycles. The Bertz CT molecular complexity index is 757. The molecule has 6 nitrogen and oxygen atoms in total. The number of rotatable bonds is 2. The summed E-state index contributed by atoms with van der Waals surface area (Å²) in [4.78, 5) is 22.3. The van der Waals surface area contributed by atoms with Crippen LogP contribution in [0.15, 0.2) is 0 Å². The minimum Gasteiger partial charge on any atom is -0.335 e. The van der Waals surface area contributed by atoms with Crippen molar-refractivity contribution in [1.29, 1.82) is 0 Å². The smallest absolute Gasteiger partial charge is 0.265 e. The molecule has 3 heterocycles. The van der Waals surface area contributed by atoms with Gasteiger partial charge in [-0.15, -0.1) is 11.3 Å². The number of nitrogens with zero attached hydrogens (tertiary/aromatic N) is 3. The van der Waals surface area contributed by atoms with Crippen LogP contribution in [0.25, 0.3) is 0 Å². The van der Waals surface area contributed by atoms with Gasteiger partial charge in [0.2, 0.25) is 0 Å². The standard InChI is InChI=1S/C17H27N3O3S2/c1-12-14(24-16(18-12)17(2,3)4)15(21)20-8-6-19(7-9-20)13-5-10-25(22,23)11-13/h13H,5-11H2,1-4H3. The number of hydrogen-bond acceptors (Lipinski definition) is 6. The molecule has 0 saturated carbocycles. The number of thiazole rings is 1. The maximum atomic E-state index is 12.9. The van der Waals surface area contributed by atoms with Crippen molar-refractivity contribution in [1.82, 2.24) is 14.8 Å². The highest BCUT2D eigenvalue weighted by Gasteiger charge is 2.35. The van der Waals surface area contributed by atoms with E-state index in [1.165, 1.54) is 11.3 Å². The van der Waals surface area contributed by atoms with Gasteiger partial charge < -0.3 is 4.90 Å². The fraction of sp³-hybridized carbons (Fsp3) is 0.765. The minimum atomic E-state index is -2.86. The molecular weight excluding hydrogens is 358 g/mol. The minimum absolute atomic E-state index is 0.0549. The predicted molar refractivity (Wildman–Crippen MR) is 100 cm³/mol. The molecule has 25 heavy (non-hydrogen) atoms. The topological polar surface area (TPSA) is 70.6 Å². The summed E-state index contributed by atoms with van der Waals surface area (Å²) in [6.07, 6.45) is 0.721. The van der Waals surface area contributed by atoms with Gasteiger partial charge in [-0.25, -0.2) is 13.4 Å². The molecule has 3 rings (SSSR count). The van der Waals surface area contributed by atoms with E-state index in [9.17, 15) is 13.2 Å². The van der Waals surface area contributed by atoms with Crippen LogP contribution in [-0.4, -0.2) is 72.8 Å². The zero-order valence-corrected chi connectivity index (χ0v) is 17.0. The van der Waals surface area contributed by atoms with E-state index in [0.29, 0.717) is 18.8 Å². The molecule has 8 heteroatoms. The van der Waals surface area contributed by atoms with Crippen LogP contribution < -0.4 is 0 Å². The molecular formula is C17H27N3O3S2. The zero-order valence-electron chi connectivity index (χ0n) is 15.4.